The summed E-state index contributed by atoms with van der Waals surface area (Å²) < 4.78 is 29.1. The SMILES string of the molecule is Cl.Cn1cc(S(=O)(=O)NCc2ccc3c(c2)C(Cc2ccccc2)C(N)CC3)cn1. The number of aryl methyl sites for hydroxylation is 2. The maximum atomic E-state index is 12.5. The summed E-state index contributed by atoms with van der Waals surface area (Å²) in [6, 6.07) is 16.7. The molecular weight excluding hydrogens is 420 g/mol. The molecule has 1 aliphatic rings. The van der Waals surface area contributed by atoms with Gasteiger partial charge in [0.25, 0.3) is 0 Å². The molecule has 0 amide bonds. The Kier molecular flexibility index (Phi) is 6.98. The van der Waals surface area contributed by atoms with Gasteiger partial charge in [-0.3, -0.25) is 4.68 Å². The first kappa shape index (κ1) is 22.5. The minimum absolute atomic E-state index is 0. The van der Waals surface area contributed by atoms with Gasteiger partial charge < -0.3 is 5.73 Å². The number of hydrogen-bond acceptors (Lipinski definition) is 4. The molecule has 1 aromatic heterocycles. The van der Waals surface area contributed by atoms with E-state index in [0.717, 1.165) is 24.8 Å². The molecule has 2 atom stereocenters. The summed E-state index contributed by atoms with van der Waals surface area (Å²) in [5.41, 5.74) is 11.2. The Morgan fingerprint density at radius 1 is 1.17 bits per heavy atom. The fraction of sp³-hybridized carbons (Fsp3) is 0.318. The first-order chi connectivity index (χ1) is 13.9. The molecule has 0 saturated carbocycles. The van der Waals surface area contributed by atoms with Crippen LogP contribution in [-0.4, -0.2) is 24.2 Å². The van der Waals surface area contributed by atoms with E-state index in [1.54, 1.807) is 7.05 Å². The van der Waals surface area contributed by atoms with Crippen molar-refractivity contribution in [3.63, 3.8) is 0 Å². The molecule has 8 heteroatoms. The fourth-order valence-corrected chi connectivity index (χ4v) is 5.01. The summed E-state index contributed by atoms with van der Waals surface area (Å²) in [5.74, 6) is 0.232. The molecule has 0 spiro atoms. The fourth-order valence-electron chi connectivity index (χ4n) is 4.01. The number of benzene rings is 2. The molecule has 0 fully saturated rings. The van der Waals surface area contributed by atoms with Crippen molar-refractivity contribution < 1.29 is 8.42 Å². The van der Waals surface area contributed by atoms with Crippen LogP contribution in [0.25, 0.3) is 0 Å². The van der Waals surface area contributed by atoms with Crippen molar-refractivity contribution in [2.24, 2.45) is 12.8 Å². The van der Waals surface area contributed by atoms with Gasteiger partial charge in [-0.1, -0.05) is 48.5 Å². The van der Waals surface area contributed by atoms with E-state index in [9.17, 15) is 8.42 Å². The van der Waals surface area contributed by atoms with Gasteiger partial charge in [0.1, 0.15) is 4.90 Å². The normalized spacial score (nSPS) is 18.5. The Hall–Kier alpha value is -2.19. The second-order valence-corrected chi connectivity index (χ2v) is 9.47. The summed E-state index contributed by atoms with van der Waals surface area (Å²) in [5, 5.41) is 3.94. The zero-order valence-electron chi connectivity index (χ0n) is 16.9. The van der Waals surface area contributed by atoms with E-state index in [-0.39, 0.29) is 35.8 Å². The number of halogens is 1. The molecule has 1 heterocycles. The van der Waals surface area contributed by atoms with Gasteiger partial charge in [-0.25, -0.2) is 13.1 Å². The van der Waals surface area contributed by atoms with E-state index in [4.69, 9.17) is 5.73 Å². The van der Waals surface area contributed by atoms with E-state index in [1.165, 1.54) is 33.8 Å². The van der Waals surface area contributed by atoms with Crippen LogP contribution in [-0.2, 0) is 36.5 Å². The van der Waals surface area contributed by atoms with Crippen LogP contribution in [0.15, 0.2) is 65.8 Å². The highest BCUT2D eigenvalue weighted by Crippen LogP contribution is 2.34. The lowest BCUT2D eigenvalue weighted by Crippen LogP contribution is -2.34. The number of nitrogens with two attached hydrogens (primary N) is 1. The van der Waals surface area contributed by atoms with Gasteiger partial charge in [0.2, 0.25) is 10.0 Å². The Labute approximate surface area is 184 Å². The first-order valence-electron chi connectivity index (χ1n) is 9.82. The minimum atomic E-state index is -3.59. The second-order valence-electron chi connectivity index (χ2n) is 7.71. The van der Waals surface area contributed by atoms with Crippen molar-refractivity contribution in [1.82, 2.24) is 14.5 Å². The topological polar surface area (TPSA) is 90.0 Å². The van der Waals surface area contributed by atoms with E-state index in [1.807, 2.05) is 24.3 Å². The van der Waals surface area contributed by atoms with Gasteiger partial charge in [0.05, 0.1) is 6.20 Å². The van der Waals surface area contributed by atoms with Crippen LogP contribution >= 0.6 is 12.4 Å². The van der Waals surface area contributed by atoms with Gasteiger partial charge in [-0.2, -0.15) is 5.10 Å². The number of fused-ring (bicyclic) bond motifs is 1. The van der Waals surface area contributed by atoms with Crippen LogP contribution in [0.5, 0.6) is 0 Å². The summed E-state index contributed by atoms with van der Waals surface area (Å²) in [6.45, 7) is 0.234. The third kappa shape index (κ3) is 4.92. The lowest BCUT2D eigenvalue weighted by Gasteiger charge is -2.32. The van der Waals surface area contributed by atoms with Crippen LogP contribution in [0.1, 0.15) is 34.6 Å². The van der Waals surface area contributed by atoms with Crippen LogP contribution < -0.4 is 10.5 Å². The van der Waals surface area contributed by atoms with Gasteiger partial charge in [-0.15, -0.1) is 12.4 Å². The standard InChI is InChI=1S/C22H26N4O2S.ClH/c1-26-15-19(14-24-26)29(27,28)25-13-17-7-8-18-9-10-22(23)21(20(18)12-17)11-16-5-3-2-4-6-16;/h2-8,12,14-15,21-22,25H,9-11,13,23H2,1H3;1H. The van der Waals surface area contributed by atoms with Crippen LogP contribution in [0.2, 0.25) is 0 Å². The van der Waals surface area contributed by atoms with Crippen molar-refractivity contribution in [2.75, 3.05) is 0 Å². The van der Waals surface area contributed by atoms with Crippen molar-refractivity contribution >= 4 is 22.4 Å². The quantitative estimate of drug-likeness (QED) is 0.609. The summed E-state index contributed by atoms with van der Waals surface area (Å²) in [6.07, 6.45) is 5.66. The van der Waals surface area contributed by atoms with Crippen molar-refractivity contribution in [1.29, 1.82) is 0 Å². The largest absolute Gasteiger partial charge is 0.327 e. The first-order valence-corrected chi connectivity index (χ1v) is 11.3. The van der Waals surface area contributed by atoms with Crippen molar-refractivity contribution in [2.45, 2.75) is 42.7 Å². The van der Waals surface area contributed by atoms with Crippen LogP contribution in [0.4, 0.5) is 0 Å². The Bertz CT molecular complexity index is 1100. The van der Waals surface area contributed by atoms with Gasteiger partial charge in [0.15, 0.2) is 0 Å². The zero-order valence-corrected chi connectivity index (χ0v) is 18.5. The molecule has 3 aromatic rings. The average Bonchev–Trinajstić information content (AvgIpc) is 3.17. The molecule has 2 unspecified atom stereocenters. The number of nitrogens with zero attached hydrogens (tertiary/aromatic N) is 2. The molecule has 0 saturated heterocycles. The number of hydrogen-bond donors (Lipinski definition) is 2. The summed E-state index contributed by atoms with van der Waals surface area (Å²) in [4.78, 5) is 0.168. The maximum absolute atomic E-state index is 12.5. The Morgan fingerprint density at radius 2 is 1.93 bits per heavy atom. The van der Waals surface area contributed by atoms with Crippen molar-refractivity contribution in [3.05, 3.63) is 83.2 Å². The molecule has 0 aliphatic heterocycles. The molecule has 4 rings (SSSR count). The smallest absolute Gasteiger partial charge is 0.243 e. The predicted molar refractivity (Wildman–Crippen MR) is 120 cm³/mol. The van der Waals surface area contributed by atoms with E-state index in [0.29, 0.717) is 0 Å². The molecular formula is C22H27ClN4O2S. The maximum Gasteiger partial charge on any atom is 0.243 e. The summed E-state index contributed by atoms with van der Waals surface area (Å²) in [7, 11) is -1.90. The van der Waals surface area contributed by atoms with Crippen LogP contribution in [0, 0.1) is 0 Å². The average molecular weight is 447 g/mol. The second kappa shape index (κ2) is 9.31. The van der Waals surface area contributed by atoms with Gasteiger partial charge >= 0.3 is 0 Å². The summed E-state index contributed by atoms with van der Waals surface area (Å²) >= 11 is 0. The molecule has 6 nitrogen and oxygen atoms in total. The molecule has 0 bridgehead atoms. The van der Waals surface area contributed by atoms with Crippen molar-refractivity contribution in [3.8, 4) is 0 Å². The third-order valence-corrected chi connectivity index (χ3v) is 6.99. The van der Waals surface area contributed by atoms with E-state index < -0.39 is 10.0 Å². The van der Waals surface area contributed by atoms with E-state index >= 15 is 0 Å². The number of sulfonamides is 1. The number of rotatable bonds is 6. The van der Waals surface area contributed by atoms with Crippen LogP contribution in [0.3, 0.4) is 0 Å². The molecule has 1 aliphatic carbocycles. The predicted octanol–water partition coefficient (Wildman–Crippen LogP) is 2.92. The lowest BCUT2D eigenvalue weighted by molar-refractivity contribution is 0.467. The highest BCUT2D eigenvalue weighted by atomic mass is 35.5. The lowest BCUT2D eigenvalue weighted by atomic mass is 9.76. The number of aromatic nitrogens is 2. The molecule has 3 N–H and O–H groups in total. The van der Waals surface area contributed by atoms with Gasteiger partial charge in [-0.05, 0) is 41.5 Å². The van der Waals surface area contributed by atoms with Gasteiger partial charge in [0, 0.05) is 31.7 Å². The molecule has 2 aromatic carbocycles. The number of nitrogens with one attached hydrogen (secondary N) is 1. The molecule has 160 valence electrons. The zero-order chi connectivity index (χ0) is 20.4. The molecule has 30 heavy (non-hydrogen) atoms. The Balaban J connectivity index is 0.00000256. The highest BCUT2D eigenvalue weighted by Gasteiger charge is 2.27. The molecule has 0 radical (unpaired) electrons. The minimum Gasteiger partial charge on any atom is -0.327 e. The van der Waals surface area contributed by atoms with E-state index in [2.05, 4.69) is 34.1 Å². The Morgan fingerprint density at radius 3 is 2.63 bits per heavy atom. The third-order valence-electron chi connectivity index (χ3n) is 5.63. The highest BCUT2D eigenvalue weighted by molar-refractivity contribution is 7.89. The monoisotopic (exact) mass is 446 g/mol.